The number of ether oxygens (including phenoxy) is 3. The van der Waals surface area contributed by atoms with Crippen LogP contribution in [0.25, 0.3) is 0 Å². The van der Waals surface area contributed by atoms with Crippen molar-refractivity contribution in [2.45, 2.75) is 26.4 Å². The molecule has 0 radical (unpaired) electrons. The molecule has 1 aromatic carbocycles. The molecule has 0 aliphatic rings. The minimum atomic E-state index is 0.0812. The van der Waals surface area contributed by atoms with E-state index in [0.717, 1.165) is 17.9 Å². The molecule has 4 nitrogen and oxygen atoms in total. The number of hydrogen-bond acceptors (Lipinski definition) is 4. The third-order valence-electron chi connectivity index (χ3n) is 2.51. The molecule has 0 saturated heterocycles. The van der Waals surface area contributed by atoms with Gasteiger partial charge in [-0.3, -0.25) is 0 Å². The van der Waals surface area contributed by atoms with Gasteiger partial charge in [-0.05, 0) is 38.1 Å². The molecule has 1 rings (SSSR count). The maximum absolute atomic E-state index is 5.63. The second-order valence-electron chi connectivity index (χ2n) is 3.85. The van der Waals surface area contributed by atoms with E-state index in [2.05, 4.69) is 0 Å². The third kappa shape index (κ3) is 5.38. The summed E-state index contributed by atoms with van der Waals surface area (Å²) in [4.78, 5) is 0. The molecule has 0 bridgehead atoms. The Morgan fingerprint density at radius 3 is 2.11 bits per heavy atom. The van der Waals surface area contributed by atoms with E-state index in [4.69, 9.17) is 19.9 Å². The van der Waals surface area contributed by atoms with Gasteiger partial charge in [-0.1, -0.05) is 0 Å². The van der Waals surface area contributed by atoms with E-state index in [-0.39, 0.29) is 6.10 Å². The summed E-state index contributed by atoms with van der Waals surface area (Å²) in [6.07, 6.45) is 0.884. The van der Waals surface area contributed by atoms with Crippen molar-refractivity contribution in [3.05, 3.63) is 24.3 Å². The van der Waals surface area contributed by atoms with E-state index in [1.807, 2.05) is 38.1 Å². The fourth-order valence-electron chi connectivity index (χ4n) is 1.61. The highest BCUT2D eigenvalue weighted by atomic mass is 16.5. The van der Waals surface area contributed by atoms with E-state index < -0.39 is 0 Å². The van der Waals surface area contributed by atoms with Crippen molar-refractivity contribution < 1.29 is 14.2 Å². The minimum absolute atomic E-state index is 0.0812. The highest BCUT2D eigenvalue weighted by molar-refractivity contribution is 5.31. The molecule has 18 heavy (non-hydrogen) atoms. The van der Waals surface area contributed by atoms with Gasteiger partial charge in [0.25, 0.3) is 0 Å². The summed E-state index contributed by atoms with van der Waals surface area (Å²) >= 11 is 0. The molecule has 4 heteroatoms. The molecule has 0 saturated carbocycles. The maximum atomic E-state index is 5.63. The SMILES string of the molecule is CCOc1ccc(OCCC(CN)OCC)cc1. The van der Waals surface area contributed by atoms with Crippen molar-refractivity contribution in [2.24, 2.45) is 5.73 Å². The first-order valence-electron chi connectivity index (χ1n) is 6.47. The molecule has 0 spiro atoms. The van der Waals surface area contributed by atoms with E-state index in [1.54, 1.807) is 0 Å². The Morgan fingerprint density at radius 1 is 1.00 bits per heavy atom. The van der Waals surface area contributed by atoms with Gasteiger partial charge in [-0.2, -0.15) is 0 Å². The third-order valence-corrected chi connectivity index (χ3v) is 2.51. The summed E-state index contributed by atoms with van der Waals surface area (Å²) in [7, 11) is 0. The Hall–Kier alpha value is -1.26. The molecule has 1 atom stereocenters. The highest BCUT2D eigenvalue weighted by Crippen LogP contribution is 2.17. The summed E-state index contributed by atoms with van der Waals surface area (Å²) in [5.41, 5.74) is 5.59. The van der Waals surface area contributed by atoms with Crippen LogP contribution in [0.1, 0.15) is 20.3 Å². The molecule has 102 valence electrons. The first kappa shape index (κ1) is 14.8. The number of benzene rings is 1. The van der Waals surface area contributed by atoms with Crippen LogP contribution in [0.15, 0.2) is 24.3 Å². The first-order valence-corrected chi connectivity index (χ1v) is 6.47. The lowest BCUT2D eigenvalue weighted by Crippen LogP contribution is -2.25. The molecule has 0 heterocycles. The zero-order valence-electron chi connectivity index (χ0n) is 11.2. The van der Waals surface area contributed by atoms with Crippen molar-refractivity contribution in [1.29, 1.82) is 0 Å². The largest absolute Gasteiger partial charge is 0.494 e. The van der Waals surface area contributed by atoms with Crippen LogP contribution in [-0.2, 0) is 4.74 Å². The second kappa shape index (κ2) is 8.78. The molecule has 0 fully saturated rings. The Morgan fingerprint density at radius 2 is 1.61 bits per heavy atom. The summed E-state index contributed by atoms with van der Waals surface area (Å²) in [6.45, 7) is 6.43. The molecule has 0 amide bonds. The molecule has 1 aromatic rings. The van der Waals surface area contributed by atoms with Gasteiger partial charge in [0.15, 0.2) is 0 Å². The quantitative estimate of drug-likeness (QED) is 0.733. The summed E-state index contributed by atoms with van der Waals surface area (Å²) < 4.78 is 16.4. The van der Waals surface area contributed by atoms with Crippen molar-refractivity contribution in [1.82, 2.24) is 0 Å². The zero-order chi connectivity index (χ0) is 13.2. The van der Waals surface area contributed by atoms with Crippen LogP contribution in [0.3, 0.4) is 0 Å². The van der Waals surface area contributed by atoms with Crippen molar-refractivity contribution >= 4 is 0 Å². The zero-order valence-corrected chi connectivity index (χ0v) is 11.2. The predicted molar refractivity (Wildman–Crippen MR) is 72.2 cm³/mol. The molecule has 0 aliphatic carbocycles. The van der Waals surface area contributed by atoms with Crippen LogP contribution in [0, 0.1) is 0 Å². The summed E-state index contributed by atoms with van der Waals surface area (Å²) in [5, 5.41) is 0. The molecule has 0 aromatic heterocycles. The summed E-state index contributed by atoms with van der Waals surface area (Å²) in [6, 6.07) is 7.62. The van der Waals surface area contributed by atoms with E-state index >= 15 is 0 Å². The fourth-order valence-corrected chi connectivity index (χ4v) is 1.61. The van der Waals surface area contributed by atoms with Gasteiger partial charge in [0, 0.05) is 19.6 Å². The minimum Gasteiger partial charge on any atom is -0.494 e. The lowest BCUT2D eigenvalue weighted by Gasteiger charge is -2.15. The van der Waals surface area contributed by atoms with Crippen LogP contribution in [0.2, 0.25) is 0 Å². The van der Waals surface area contributed by atoms with Crippen LogP contribution < -0.4 is 15.2 Å². The van der Waals surface area contributed by atoms with Crippen molar-refractivity contribution in [3.8, 4) is 11.5 Å². The van der Waals surface area contributed by atoms with Gasteiger partial charge in [0.1, 0.15) is 11.5 Å². The topological polar surface area (TPSA) is 53.7 Å². The van der Waals surface area contributed by atoms with Gasteiger partial charge >= 0.3 is 0 Å². The Kier molecular flexibility index (Phi) is 7.22. The van der Waals surface area contributed by atoms with Gasteiger partial charge in [0.05, 0.1) is 19.3 Å². The monoisotopic (exact) mass is 253 g/mol. The molecular formula is C14H23NO3. The van der Waals surface area contributed by atoms with E-state index in [0.29, 0.717) is 26.4 Å². The Labute approximate surface area is 109 Å². The fraction of sp³-hybridized carbons (Fsp3) is 0.571. The van der Waals surface area contributed by atoms with Gasteiger partial charge < -0.3 is 19.9 Å². The van der Waals surface area contributed by atoms with Crippen LogP contribution in [0.4, 0.5) is 0 Å². The van der Waals surface area contributed by atoms with Crippen LogP contribution in [-0.4, -0.2) is 32.5 Å². The normalized spacial score (nSPS) is 12.2. The van der Waals surface area contributed by atoms with E-state index in [1.165, 1.54) is 0 Å². The Bertz CT molecular complexity index is 313. The maximum Gasteiger partial charge on any atom is 0.119 e. The second-order valence-corrected chi connectivity index (χ2v) is 3.85. The van der Waals surface area contributed by atoms with Crippen LogP contribution in [0.5, 0.6) is 11.5 Å². The number of nitrogens with two attached hydrogens (primary N) is 1. The standard InChI is InChI=1S/C14H23NO3/c1-3-16-12-5-7-13(8-6-12)18-10-9-14(11-15)17-4-2/h5-8,14H,3-4,9-11,15H2,1-2H3. The number of rotatable bonds is 9. The van der Waals surface area contributed by atoms with E-state index in [9.17, 15) is 0 Å². The number of hydrogen-bond donors (Lipinski definition) is 1. The highest BCUT2D eigenvalue weighted by Gasteiger charge is 2.05. The van der Waals surface area contributed by atoms with Crippen molar-refractivity contribution in [2.75, 3.05) is 26.4 Å². The predicted octanol–water partition coefficient (Wildman–Crippen LogP) is 2.22. The Balaban J connectivity index is 2.30. The summed E-state index contributed by atoms with van der Waals surface area (Å²) in [5.74, 6) is 1.70. The average molecular weight is 253 g/mol. The lowest BCUT2D eigenvalue weighted by molar-refractivity contribution is 0.0527. The smallest absolute Gasteiger partial charge is 0.119 e. The van der Waals surface area contributed by atoms with Gasteiger partial charge in [0.2, 0.25) is 0 Å². The van der Waals surface area contributed by atoms with Crippen molar-refractivity contribution in [3.63, 3.8) is 0 Å². The van der Waals surface area contributed by atoms with Crippen LogP contribution >= 0.6 is 0 Å². The lowest BCUT2D eigenvalue weighted by atomic mass is 10.2. The molecule has 2 N–H and O–H groups in total. The molecule has 0 aliphatic heterocycles. The van der Waals surface area contributed by atoms with Gasteiger partial charge in [-0.15, -0.1) is 0 Å². The molecular weight excluding hydrogens is 230 g/mol. The first-order chi connectivity index (χ1) is 8.80. The average Bonchev–Trinajstić information content (AvgIpc) is 2.40. The van der Waals surface area contributed by atoms with Gasteiger partial charge in [-0.25, -0.2) is 0 Å². The molecule has 1 unspecified atom stereocenters.